The van der Waals surface area contributed by atoms with Crippen LogP contribution in [0.15, 0.2) is 23.3 Å². The number of pyridine rings is 1. The predicted octanol–water partition coefficient (Wildman–Crippen LogP) is 2.44. The van der Waals surface area contributed by atoms with E-state index in [-0.39, 0.29) is 36.0 Å². The van der Waals surface area contributed by atoms with Gasteiger partial charge >= 0.3 is 5.97 Å². The standard InChI is InChI=1S/C17H26ClN5O2.HI/c1-3-25-15(24)7-5-10-21-17(19-2)22-13-8-11-23(12-13)16-14(18)6-4-9-20-16;/h4,6,9,13H,3,5,7-8,10-12H2,1-2H3,(H2,19,21,22);1H. The Labute approximate surface area is 177 Å². The Morgan fingerprint density at radius 2 is 2.35 bits per heavy atom. The number of aromatic nitrogens is 1. The van der Waals surface area contributed by atoms with Crippen molar-refractivity contribution >= 4 is 53.3 Å². The number of rotatable bonds is 7. The van der Waals surface area contributed by atoms with Gasteiger partial charge < -0.3 is 20.3 Å². The van der Waals surface area contributed by atoms with Crippen LogP contribution in [0.4, 0.5) is 5.82 Å². The molecule has 2 rings (SSSR count). The van der Waals surface area contributed by atoms with Crippen LogP contribution in [0.2, 0.25) is 5.02 Å². The zero-order valence-electron chi connectivity index (χ0n) is 15.2. The molecule has 1 atom stereocenters. The van der Waals surface area contributed by atoms with E-state index < -0.39 is 0 Å². The van der Waals surface area contributed by atoms with Gasteiger partial charge in [0, 0.05) is 45.3 Å². The second-order valence-corrected chi connectivity index (χ2v) is 6.20. The second kappa shape index (κ2) is 12.2. The topological polar surface area (TPSA) is 78.8 Å². The fraction of sp³-hybridized carbons (Fsp3) is 0.588. The van der Waals surface area contributed by atoms with Gasteiger partial charge in [0.15, 0.2) is 5.96 Å². The van der Waals surface area contributed by atoms with E-state index in [4.69, 9.17) is 16.3 Å². The van der Waals surface area contributed by atoms with E-state index in [1.54, 1.807) is 13.2 Å². The second-order valence-electron chi connectivity index (χ2n) is 5.79. The van der Waals surface area contributed by atoms with E-state index in [2.05, 4.69) is 25.5 Å². The monoisotopic (exact) mass is 495 g/mol. The van der Waals surface area contributed by atoms with Gasteiger partial charge in [-0.1, -0.05) is 11.6 Å². The van der Waals surface area contributed by atoms with Crippen LogP contribution in [0.25, 0.3) is 0 Å². The summed E-state index contributed by atoms with van der Waals surface area (Å²) in [5.74, 6) is 1.40. The molecular weight excluding hydrogens is 469 g/mol. The number of nitrogens with zero attached hydrogens (tertiary/aromatic N) is 3. The van der Waals surface area contributed by atoms with E-state index >= 15 is 0 Å². The van der Waals surface area contributed by atoms with Crippen molar-refractivity contribution in [1.29, 1.82) is 0 Å². The molecule has 0 bridgehead atoms. The van der Waals surface area contributed by atoms with Crippen LogP contribution in [-0.2, 0) is 9.53 Å². The highest BCUT2D eigenvalue weighted by atomic mass is 127. The normalized spacial score (nSPS) is 16.8. The van der Waals surface area contributed by atoms with Crippen molar-refractivity contribution in [3.05, 3.63) is 23.4 Å². The molecule has 9 heteroatoms. The molecule has 1 fully saturated rings. The lowest BCUT2D eigenvalue weighted by atomic mass is 10.2. The lowest BCUT2D eigenvalue weighted by Crippen LogP contribution is -2.45. The van der Waals surface area contributed by atoms with Gasteiger partial charge in [0.2, 0.25) is 0 Å². The Morgan fingerprint density at radius 3 is 3.04 bits per heavy atom. The van der Waals surface area contributed by atoms with E-state index in [0.717, 1.165) is 31.3 Å². The first-order valence-corrected chi connectivity index (χ1v) is 9.00. The fourth-order valence-corrected chi connectivity index (χ4v) is 2.98. The number of carbonyl (C=O) groups is 1. The average molecular weight is 496 g/mol. The van der Waals surface area contributed by atoms with Crippen LogP contribution >= 0.6 is 35.6 Å². The summed E-state index contributed by atoms with van der Waals surface area (Å²) in [6, 6.07) is 3.96. The van der Waals surface area contributed by atoms with Gasteiger partial charge in [0.05, 0.1) is 11.6 Å². The SMILES string of the molecule is CCOC(=O)CCCNC(=NC)NC1CCN(c2ncccc2Cl)C1.I. The minimum Gasteiger partial charge on any atom is -0.466 e. The molecule has 1 aliphatic heterocycles. The summed E-state index contributed by atoms with van der Waals surface area (Å²) < 4.78 is 4.91. The Bertz CT molecular complexity index is 602. The van der Waals surface area contributed by atoms with Crippen molar-refractivity contribution in [2.24, 2.45) is 4.99 Å². The molecule has 0 aromatic carbocycles. The number of carbonyl (C=O) groups excluding carboxylic acids is 1. The zero-order chi connectivity index (χ0) is 18.1. The first-order chi connectivity index (χ1) is 12.1. The molecule has 7 nitrogen and oxygen atoms in total. The van der Waals surface area contributed by atoms with Gasteiger partial charge in [-0.15, -0.1) is 24.0 Å². The van der Waals surface area contributed by atoms with E-state index in [1.165, 1.54) is 0 Å². The van der Waals surface area contributed by atoms with Crippen LogP contribution in [-0.4, -0.2) is 56.2 Å². The highest BCUT2D eigenvalue weighted by Gasteiger charge is 2.25. The first-order valence-electron chi connectivity index (χ1n) is 8.62. The highest BCUT2D eigenvalue weighted by molar-refractivity contribution is 14.0. The number of ether oxygens (including phenoxy) is 1. The molecule has 0 aliphatic carbocycles. The smallest absolute Gasteiger partial charge is 0.305 e. The summed E-state index contributed by atoms with van der Waals surface area (Å²) in [7, 11) is 1.74. The molecule has 0 saturated carbocycles. The Kier molecular flexibility index (Phi) is 10.6. The first kappa shape index (κ1) is 22.8. The molecular formula is C17H27ClIN5O2. The number of guanidine groups is 1. The van der Waals surface area contributed by atoms with Crippen molar-refractivity contribution in [1.82, 2.24) is 15.6 Å². The number of nitrogens with one attached hydrogen (secondary N) is 2. The molecule has 146 valence electrons. The molecule has 1 aliphatic rings. The molecule has 1 aromatic heterocycles. The summed E-state index contributed by atoms with van der Waals surface area (Å²) >= 11 is 6.22. The van der Waals surface area contributed by atoms with Crippen LogP contribution in [0, 0.1) is 0 Å². The number of hydrogen-bond donors (Lipinski definition) is 2. The predicted molar refractivity (Wildman–Crippen MR) is 116 cm³/mol. The van der Waals surface area contributed by atoms with Gasteiger partial charge in [-0.3, -0.25) is 9.79 Å². The third-order valence-corrected chi connectivity index (χ3v) is 4.24. The molecule has 26 heavy (non-hydrogen) atoms. The zero-order valence-corrected chi connectivity index (χ0v) is 18.3. The number of esters is 1. The Balaban J connectivity index is 0.00000338. The average Bonchev–Trinajstić information content (AvgIpc) is 3.06. The number of halogens is 2. The fourth-order valence-electron chi connectivity index (χ4n) is 2.74. The molecule has 0 amide bonds. The summed E-state index contributed by atoms with van der Waals surface area (Å²) in [5, 5.41) is 7.31. The van der Waals surface area contributed by atoms with Crippen LogP contribution in [0.3, 0.4) is 0 Å². The summed E-state index contributed by atoms with van der Waals surface area (Å²) in [4.78, 5) is 22.1. The van der Waals surface area contributed by atoms with Crippen molar-refractivity contribution in [3.63, 3.8) is 0 Å². The minimum absolute atomic E-state index is 0. The lowest BCUT2D eigenvalue weighted by Gasteiger charge is -2.20. The van der Waals surface area contributed by atoms with Crippen LogP contribution in [0.5, 0.6) is 0 Å². The number of hydrogen-bond acceptors (Lipinski definition) is 5. The number of anilines is 1. The highest BCUT2D eigenvalue weighted by Crippen LogP contribution is 2.25. The maximum Gasteiger partial charge on any atom is 0.305 e. The summed E-state index contributed by atoms with van der Waals surface area (Å²) in [6.07, 6.45) is 3.86. The van der Waals surface area contributed by atoms with E-state index in [0.29, 0.717) is 31.0 Å². The molecule has 1 saturated heterocycles. The van der Waals surface area contributed by atoms with Crippen molar-refractivity contribution in [2.75, 3.05) is 38.2 Å². The van der Waals surface area contributed by atoms with Crippen molar-refractivity contribution in [2.45, 2.75) is 32.2 Å². The molecule has 0 radical (unpaired) electrons. The largest absolute Gasteiger partial charge is 0.466 e. The molecule has 0 spiro atoms. The molecule has 2 heterocycles. The maximum absolute atomic E-state index is 11.3. The van der Waals surface area contributed by atoms with Gasteiger partial charge in [-0.2, -0.15) is 0 Å². The molecule has 1 aromatic rings. The lowest BCUT2D eigenvalue weighted by molar-refractivity contribution is -0.143. The third kappa shape index (κ3) is 7.14. The minimum atomic E-state index is -0.161. The Hall–Kier alpha value is -1.29. The summed E-state index contributed by atoms with van der Waals surface area (Å²) in [6.45, 7) is 4.62. The van der Waals surface area contributed by atoms with Gasteiger partial charge in [0.25, 0.3) is 0 Å². The van der Waals surface area contributed by atoms with Crippen LogP contribution in [0.1, 0.15) is 26.2 Å². The van der Waals surface area contributed by atoms with E-state index in [1.807, 2.05) is 19.1 Å². The maximum atomic E-state index is 11.3. The van der Waals surface area contributed by atoms with Crippen molar-refractivity contribution < 1.29 is 9.53 Å². The van der Waals surface area contributed by atoms with Gasteiger partial charge in [-0.05, 0) is 31.9 Å². The molecule has 2 N–H and O–H groups in total. The van der Waals surface area contributed by atoms with Crippen molar-refractivity contribution in [3.8, 4) is 0 Å². The summed E-state index contributed by atoms with van der Waals surface area (Å²) in [5.41, 5.74) is 0. The Morgan fingerprint density at radius 1 is 1.54 bits per heavy atom. The quantitative estimate of drug-likeness (QED) is 0.199. The third-order valence-electron chi connectivity index (χ3n) is 3.95. The number of aliphatic imine (C=N–C) groups is 1. The molecule has 1 unspecified atom stereocenters. The van der Waals surface area contributed by atoms with Crippen LogP contribution < -0.4 is 15.5 Å². The van der Waals surface area contributed by atoms with Gasteiger partial charge in [-0.25, -0.2) is 4.98 Å². The van der Waals surface area contributed by atoms with E-state index in [9.17, 15) is 4.79 Å². The van der Waals surface area contributed by atoms with Gasteiger partial charge in [0.1, 0.15) is 5.82 Å².